The zero-order chi connectivity index (χ0) is 13.4. The summed E-state index contributed by atoms with van der Waals surface area (Å²) in [6.45, 7) is 3.06. The molecule has 1 rings (SSSR count). The van der Waals surface area contributed by atoms with Crippen LogP contribution in [0.3, 0.4) is 0 Å². The summed E-state index contributed by atoms with van der Waals surface area (Å²) in [5.41, 5.74) is 0. The summed E-state index contributed by atoms with van der Waals surface area (Å²) in [4.78, 5) is 10.4. The van der Waals surface area contributed by atoms with E-state index >= 15 is 0 Å². The van der Waals surface area contributed by atoms with Gasteiger partial charge < -0.3 is 15.2 Å². The number of halogens is 1. The summed E-state index contributed by atoms with van der Waals surface area (Å²) >= 11 is 6.01. The van der Waals surface area contributed by atoms with Gasteiger partial charge in [0, 0.05) is 13.1 Å². The van der Waals surface area contributed by atoms with Gasteiger partial charge in [-0.1, -0.05) is 30.7 Å². The number of ether oxygens (including phenoxy) is 1. The molecule has 0 spiro atoms. The van der Waals surface area contributed by atoms with Gasteiger partial charge in [-0.3, -0.25) is 4.79 Å². The molecule has 0 aliphatic rings. The van der Waals surface area contributed by atoms with Crippen molar-refractivity contribution in [2.45, 2.75) is 25.9 Å². The van der Waals surface area contributed by atoms with E-state index in [-0.39, 0.29) is 12.5 Å². The maximum absolute atomic E-state index is 10.4. The number of carbonyl (C=O) groups is 1. The van der Waals surface area contributed by atoms with Gasteiger partial charge >= 0.3 is 5.97 Å². The van der Waals surface area contributed by atoms with Gasteiger partial charge in [0.15, 0.2) is 0 Å². The van der Waals surface area contributed by atoms with E-state index in [1.54, 1.807) is 6.07 Å². The number of aliphatic carboxylic acids is 1. The van der Waals surface area contributed by atoms with Crippen molar-refractivity contribution in [2.75, 3.05) is 13.1 Å². The minimum absolute atomic E-state index is 0.0151. The average Bonchev–Trinajstić information content (AvgIpc) is 2.35. The van der Waals surface area contributed by atoms with E-state index in [1.165, 1.54) is 0 Å². The third-order valence-electron chi connectivity index (χ3n) is 2.47. The van der Waals surface area contributed by atoms with Crippen LogP contribution in [0.25, 0.3) is 0 Å². The number of carboxylic acid groups (broad SMARTS) is 1. The number of nitrogens with one attached hydrogen (secondary N) is 1. The van der Waals surface area contributed by atoms with Gasteiger partial charge in [-0.15, -0.1) is 0 Å². The molecule has 0 amide bonds. The maximum Gasteiger partial charge on any atom is 0.304 e. The van der Waals surface area contributed by atoms with Crippen molar-refractivity contribution in [1.29, 1.82) is 0 Å². The van der Waals surface area contributed by atoms with Crippen LogP contribution in [-0.4, -0.2) is 30.3 Å². The van der Waals surface area contributed by atoms with Crippen molar-refractivity contribution in [2.24, 2.45) is 0 Å². The van der Waals surface area contributed by atoms with E-state index in [0.29, 0.717) is 23.9 Å². The van der Waals surface area contributed by atoms with Crippen LogP contribution >= 0.6 is 11.6 Å². The molecule has 4 nitrogen and oxygen atoms in total. The Bertz CT molecular complexity index is 384. The molecule has 1 atom stereocenters. The molecule has 1 aromatic rings. The number of hydrogen-bond donors (Lipinski definition) is 2. The largest absolute Gasteiger partial charge is 0.488 e. The average molecular weight is 272 g/mol. The first-order valence-electron chi connectivity index (χ1n) is 5.97. The molecule has 0 heterocycles. The predicted octanol–water partition coefficient (Wildman–Crippen LogP) is 2.56. The summed E-state index contributed by atoms with van der Waals surface area (Å²) in [6, 6.07) is 7.32. The van der Waals surface area contributed by atoms with E-state index in [4.69, 9.17) is 21.4 Å². The highest BCUT2D eigenvalue weighted by Gasteiger charge is 2.10. The van der Waals surface area contributed by atoms with E-state index in [1.807, 2.05) is 25.1 Å². The molecule has 0 radical (unpaired) electrons. The lowest BCUT2D eigenvalue weighted by Gasteiger charge is -2.18. The monoisotopic (exact) mass is 271 g/mol. The Morgan fingerprint density at radius 1 is 1.50 bits per heavy atom. The topological polar surface area (TPSA) is 58.6 Å². The Labute approximate surface area is 112 Å². The second-order valence-corrected chi connectivity index (χ2v) is 4.33. The Kier molecular flexibility index (Phi) is 6.54. The van der Waals surface area contributed by atoms with Crippen LogP contribution in [0.5, 0.6) is 5.75 Å². The number of rotatable bonds is 8. The molecule has 0 aliphatic carbocycles. The van der Waals surface area contributed by atoms with Crippen LogP contribution in [0, 0.1) is 0 Å². The second-order valence-electron chi connectivity index (χ2n) is 3.93. The van der Waals surface area contributed by atoms with Gasteiger partial charge in [0.2, 0.25) is 0 Å². The summed E-state index contributed by atoms with van der Waals surface area (Å²) in [5.74, 6) is -0.145. The maximum atomic E-state index is 10.4. The van der Waals surface area contributed by atoms with E-state index in [0.717, 1.165) is 6.42 Å². The first kappa shape index (κ1) is 14.8. The van der Waals surface area contributed by atoms with Gasteiger partial charge in [0.05, 0.1) is 11.4 Å². The summed E-state index contributed by atoms with van der Waals surface area (Å²) < 4.78 is 5.76. The molecular weight excluding hydrogens is 254 g/mol. The minimum atomic E-state index is -0.803. The third-order valence-corrected chi connectivity index (χ3v) is 2.79. The van der Waals surface area contributed by atoms with Crippen molar-refractivity contribution in [3.8, 4) is 5.75 Å². The summed E-state index contributed by atoms with van der Waals surface area (Å²) in [7, 11) is 0. The first-order valence-corrected chi connectivity index (χ1v) is 6.35. The van der Waals surface area contributed by atoms with Crippen molar-refractivity contribution in [3.05, 3.63) is 29.3 Å². The normalized spacial score (nSPS) is 12.1. The molecule has 1 aromatic carbocycles. The van der Waals surface area contributed by atoms with Crippen molar-refractivity contribution < 1.29 is 14.6 Å². The quantitative estimate of drug-likeness (QED) is 0.714. The number of hydrogen-bond acceptors (Lipinski definition) is 3. The Morgan fingerprint density at radius 3 is 2.83 bits per heavy atom. The van der Waals surface area contributed by atoms with E-state index < -0.39 is 5.97 Å². The highest BCUT2D eigenvalue weighted by Crippen LogP contribution is 2.24. The van der Waals surface area contributed by atoms with Crippen LogP contribution < -0.4 is 10.1 Å². The smallest absolute Gasteiger partial charge is 0.304 e. The second kappa shape index (κ2) is 7.95. The lowest BCUT2D eigenvalue weighted by atomic mass is 10.2. The van der Waals surface area contributed by atoms with Crippen molar-refractivity contribution >= 4 is 17.6 Å². The van der Waals surface area contributed by atoms with E-state index in [9.17, 15) is 4.79 Å². The molecular formula is C13H18ClNO3. The molecule has 0 fully saturated rings. The van der Waals surface area contributed by atoms with Crippen LogP contribution in [0.15, 0.2) is 24.3 Å². The van der Waals surface area contributed by atoms with Gasteiger partial charge in [-0.25, -0.2) is 0 Å². The fraction of sp³-hybridized carbons (Fsp3) is 0.462. The van der Waals surface area contributed by atoms with Gasteiger partial charge in [0.1, 0.15) is 11.9 Å². The Balaban J connectivity index is 2.38. The summed E-state index contributed by atoms with van der Waals surface area (Å²) in [6.07, 6.45) is 0.923. The molecule has 18 heavy (non-hydrogen) atoms. The predicted molar refractivity (Wildman–Crippen MR) is 71.3 cm³/mol. The molecule has 100 valence electrons. The van der Waals surface area contributed by atoms with Crippen LogP contribution in [-0.2, 0) is 4.79 Å². The fourth-order valence-corrected chi connectivity index (χ4v) is 1.63. The van der Waals surface area contributed by atoms with Crippen molar-refractivity contribution in [1.82, 2.24) is 5.32 Å². The zero-order valence-corrected chi connectivity index (χ0v) is 11.1. The lowest BCUT2D eigenvalue weighted by molar-refractivity contribution is -0.136. The third kappa shape index (κ3) is 5.38. The van der Waals surface area contributed by atoms with Gasteiger partial charge in [-0.2, -0.15) is 0 Å². The van der Waals surface area contributed by atoms with Crippen LogP contribution in [0.2, 0.25) is 5.02 Å². The zero-order valence-electron chi connectivity index (χ0n) is 10.4. The molecule has 5 heteroatoms. The minimum Gasteiger partial charge on any atom is -0.488 e. The molecule has 2 N–H and O–H groups in total. The summed E-state index contributed by atoms with van der Waals surface area (Å²) in [5, 5.41) is 12.2. The molecule has 0 aromatic heterocycles. The lowest BCUT2D eigenvalue weighted by Crippen LogP contribution is -2.32. The highest BCUT2D eigenvalue weighted by atomic mass is 35.5. The standard InChI is InChI=1S/C13H18ClNO3/c1-2-10(9-15-8-7-13(16)17)18-12-6-4-3-5-11(12)14/h3-6,10,15H,2,7-9H2,1H3,(H,16,17). The highest BCUT2D eigenvalue weighted by molar-refractivity contribution is 6.32. The molecule has 1 unspecified atom stereocenters. The van der Waals surface area contributed by atoms with E-state index in [2.05, 4.69) is 5.32 Å². The number of carboxylic acids is 1. The van der Waals surface area contributed by atoms with Crippen molar-refractivity contribution in [3.63, 3.8) is 0 Å². The molecule has 0 bridgehead atoms. The Morgan fingerprint density at radius 2 is 2.22 bits per heavy atom. The number of benzene rings is 1. The molecule has 0 aliphatic heterocycles. The van der Waals surface area contributed by atoms with Crippen LogP contribution in [0.4, 0.5) is 0 Å². The van der Waals surface area contributed by atoms with Gasteiger partial charge in [0.25, 0.3) is 0 Å². The van der Waals surface area contributed by atoms with Gasteiger partial charge in [-0.05, 0) is 18.6 Å². The fourth-order valence-electron chi connectivity index (χ4n) is 1.45. The Hall–Kier alpha value is -1.26. The number of para-hydroxylation sites is 1. The molecule has 0 saturated heterocycles. The molecule has 0 saturated carbocycles. The SMILES string of the molecule is CCC(CNCCC(=O)O)Oc1ccccc1Cl. The van der Waals surface area contributed by atoms with Crippen LogP contribution in [0.1, 0.15) is 19.8 Å². The first-order chi connectivity index (χ1) is 8.63.